The fourth-order valence-corrected chi connectivity index (χ4v) is 2.25. The molecule has 0 N–H and O–H groups in total. The molecule has 0 aliphatic heterocycles. The molecule has 0 spiro atoms. The molecule has 0 amide bonds. The lowest BCUT2D eigenvalue weighted by Gasteiger charge is -2.04. The maximum Gasteiger partial charge on any atom is 0.258 e. The predicted molar refractivity (Wildman–Crippen MR) is 83.3 cm³/mol. The molecule has 0 atom stereocenters. The van der Waals surface area contributed by atoms with E-state index in [2.05, 4.69) is 10.1 Å². The first kappa shape index (κ1) is 13.9. The van der Waals surface area contributed by atoms with Crippen LogP contribution in [-0.4, -0.2) is 16.7 Å². The van der Waals surface area contributed by atoms with Gasteiger partial charge in [-0.15, -0.1) is 0 Å². The Morgan fingerprint density at radius 2 is 1.70 bits per heavy atom. The molecule has 0 bridgehead atoms. The SMILES string of the molecule is Fc1ccc(-c2nc(-c3ccc(OCC4CC4)cc3)no2)cc1. The number of nitrogens with zero attached hydrogens (tertiary/aromatic N) is 2. The third-order valence-corrected chi connectivity index (χ3v) is 3.81. The van der Waals surface area contributed by atoms with Gasteiger partial charge in [-0.25, -0.2) is 4.39 Å². The van der Waals surface area contributed by atoms with E-state index in [0.29, 0.717) is 17.3 Å². The highest BCUT2D eigenvalue weighted by Gasteiger charge is 2.21. The molecule has 1 aromatic heterocycles. The first-order chi connectivity index (χ1) is 11.3. The summed E-state index contributed by atoms with van der Waals surface area (Å²) in [6.45, 7) is 0.788. The minimum atomic E-state index is -0.296. The molecule has 4 rings (SSSR count). The van der Waals surface area contributed by atoms with Crippen molar-refractivity contribution in [3.63, 3.8) is 0 Å². The molecule has 116 valence electrons. The first-order valence-electron chi connectivity index (χ1n) is 7.61. The van der Waals surface area contributed by atoms with Crippen LogP contribution in [0.25, 0.3) is 22.8 Å². The molecule has 23 heavy (non-hydrogen) atoms. The van der Waals surface area contributed by atoms with E-state index in [0.717, 1.165) is 23.8 Å². The summed E-state index contributed by atoms with van der Waals surface area (Å²) in [5.74, 6) is 2.15. The average Bonchev–Trinajstić information content (AvgIpc) is 3.29. The van der Waals surface area contributed by atoms with E-state index < -0.39 is 0 Å². The van der Waals surface area contributed by atoms with Crippen LogP contribution in [0.2, 0.25) is 0 Å². The monoisotopic (exact) mass is 310 g/mol. The molecule has 4 nitrogen and oxygen atoms in total. The van der Waals surface area contributed by atoms with Gasteiger partial charge < -0.3 is 9.26 Å². The largest absolute Gasteiger partial charge is 0.493 e. The van der Waals surface area contributed by atoms with Crippen molar-refractivity contribution < 1.29 is 13.7 Å². The van der Waals surface area contributed by atoms with Crippen LogP contribution in [0, 0.1) is 11.7 Å². The highest BCUT2D eigenvalue weighted by atomic mass is 19.1. The quantitative estimate of drug-likeness (QED) is 0.703. The smallest absolute Gasteiger partial charge is 0.258 e. The van der Waals surface area contributed by atoms with E-state index in [9.17, 15) is 4.39 Å². The fraction of sp³-hybridized carbons (Fsp3) is 0.222. The molecule has 1 heterocycles. The molecule has 0 unspecified atom stereocenters. The number of hydrogen-bond donors (Lipinski definition) is 0. The number of hydrogen-bond acceptors (Lipinski definition) is 4. The van der Waals surface area contributed by atoms with E-state index in [4.69, 9.17) is 9.26 Å². The minimum Gasteiger partial charge on any atom is -0.493 e. The van der Waals surface area contributed by atoms with Crippen molar-refractivity contribution in [1.29, 1.82) is 0 Å². The molecule has 1 aliphatic carbocycles. The molecule has 1 fully saturated rings. The van der Waals surface area contributed by atoms with Gasteiger partial charge in [-0.05, 0) is 67.3 Å². The van der Waals surface area contributed by atoms with E-state index in [1.165, 1.54) is 25.0 Å². The lowest BCUT2D eigenvalue weighted by molar-refractivity contribution is 0.300. The Kier molecular flexibility index (Phi) is 3.54. The number of halogens is 1. The van der Waals surface area contributed by atoms with Crippen LogP contribution in [0.15, 0.2) is 53.1 Å². The van der Waals surface area contributed by atoms with Crippen molar-refractivity contribution in [2.75, 3.05) is 6.61 Å². The summed E-state index contributed by atoms with van der Waals surface area (Å²) in [5.41, 5.74) is 1.54. The molecule has 1 aliphatic rings. The summed E-state index contributed by atoms with van der Waals surface area (Å²) >= 11 is 0. The Morgan fingerprint density at radius 3 is 2.39 bits per heavy atom. The second-order valence-corrected chi connectivity index (χ2v) is 5.71. The van der Waals surface area contributed by atoms with Gasteiger partial charge in [0.15, 0.2) is 0 Å². The number of ether oxygens (including phenoxy) is 1. The van der Waals surface area contributed by atoms with Crippen LogP contribution in [0.3, 0.4) is 0 Å². The highest BCUT2D eigenvalue weighted by Crippen LogP contribution is 2.30. The third-order valence-electron chi connectivity index (χ3n) is 3.81. The lowest BCUT2D eigenvalue weighted by Crippen LogP contribution is -1.98. The van der Waals surface area contributed by atoms with Gasteiger partial charge in [-0.2, -0.15) is 4.98 Å². The van der Waals surface area contributed by atoms with E-state index in [1.807, 2.05) is 24.3 Å². The molecule has 1 saturated carbocycles. The van der Waals surface area contributed by atoms with Gasteiger partial charge in [0, 0.05) is 11.1 Å². The molecule has 2 aromatic carbocycles. The zero-order valence-electron chi connectivity index (χ0n) is 12.4. The van der Waals surface area contributed by atoms with Crippen LogP contribution >= 0.6 is 0 Å². The summed E-state index contributed by atoms with van der Waals surface area (Å²) in [5, 5.41) is 3.98. The molecule has 3 aromatic rings. The Labute approximate surface area is 132 Å². The molecule has 0 radical (unpaired) electrons. The van der Waals surface area contributed by atoms with Crippen molar-refractivity contribution in [3.05, 3.63) is 54.3 Å². The van der Waals surface area contributed by atoms with E-state index in [1.54, 1.807) is 12.1 Å². The summed E-state index contributed by atoms with van der Waals surface area (Å²) in [6.07, 6.45) is 2.54. The molecular formula is C18H15FN2O2. The lowest BCUT2D eigenvalue weighted by atomic mass is 10.2. The van der Waals surface area contributed by atoms with Crippen LogP contribution in [0.5, 0.6) is 5.75 Å². The zero-order valence-corrected chi connectivity index (χ0v) is 12.4. The predicted octanol–water partition coefficient (Wildman–Crippen LogP) is 4.33. The zero-order chi connectivity index (χ0) is 15.6. The van der Waals surface area contributed by atoms with Gasteiger partial charge in [-0.1, -0.05) is 5.16 Å². The normalized spacial score (nSPS) is 14.0. The Hall–Kier alpha value is -2.69. The average molecular weight is 310 g/mol. The Balaban J connectivity index is 1.50. The Bertz CT molecular complexity index is 793. The van der Waals surface area contributed by atoms with Crippen LogP contribution in [0.1, 0.15) is 12.8 Å². The standard InChI is InChI=1S/C18H15FN2O2/c19-15-7-3-14(4-8-15)18-20-17(21-23-18)13-5-9-16(10-6-13)22-11-12-1-2-12/h3-10,12H,1-2,11H2. The topological polar surface area (TPSA) is 48.2 Å². The molecular weight excluding hydrogens is 295 g/mol. The maximum absolute atomic E-state index is 12.9. The molecule has 5 heteroatoms. The fourth-order valence-electron chi connectivity index (χ4n) is 2.25. The van der Waals surface area contributed by atoms with Crippen molar-refractivity contribution in [3.8, 4) is 28.6 Å². The first-order valence-corrected chi connectivity index (χ1v) is 7.61. The second-order valence-electron chi connectivity index (χ2n) is 5.71. The van der Waals surface area contributed by atoms with Crippen molar-refractivity contribution in [2.45, 2.75) is 12.8 Å². The summed E-state index contributed by atoms with van der Waals surface area (Å²) in [6, 6.07) is 13.6. The van der Waals surface area contributed by atoms with Crippen LogP contribution in [-0.2, 0) is 0 Å². The van der Waals surface area contributed by atoms with Gasteiger partial charge in [-0.3, -0.25) is 0 Å². The summed E-state index contributed by atoms with van der Waals surface area (Å²) in [7, 11) is 0. The Morgan fingerprint density at radius 1 is 1.00 bits per heavy atom. The van der Waals surface area contributed by atoms with Gasteiger partial charge in [0.25, 0.3) is 5.89 Å². The van der Waals surface area contributed by atoms with Crippen molar-refractivity contribution >= 4 is 0 Å². The summed E-state index contributed by atoms with van der Waals surface area (Å²) in [4.78, 5) is 4.35. The second kappa shape index (κ2) is 5.83. The van der Waals surface area contributed by atoms with Crippen molar-refractivity contribution in [2.24, 2.45) is 5.92 Å². The van der Waals surface area contributed by atoms with Gasteiger partial charge >= 0.3 is 0 Å². The number of benzene rings is 2. The third kappa shape index (κ3) is 3.23. The highest BCUT2D eigenvalue weighted by molar-refractivity contribution is 5.60. The van der Waals surface area contributed by atoms with Crippen LogP contribution in [0.4, 0.5) is 4.39 Å². The van der Waals surface area contributed by atoms with E-state index >= 15 is 0 Å². The number of rotatable bonds is 5. The molecule has 0 saturated heterocycles. The van der Waals surface area contributed by atoms with Crippen LogP contribution < -0.4 is 4.74 Å². The van der Waals surface area contributed by atoms with Gasteiger partial charge in [0.1, 0.15) is 11.6 Å². The van der Waals surface area contributed by atoms with Crippen molar-refractivity contribution in [1.82, 2.24) is 10.1 Å². The van der Waals surface area contributed by atoms with Gasteiger partial charge in [0.05, 0.1) is 6.61 Å². The number of aromatic nitrogens is 2. The maximum atomic E-state index is 12.9. The summed E-state index contributed by atoms with van der Waals surface area (Å²) < 4.78 is 23.9. The van der Waals surface area contributed by atoms with E-state index in [-0.39, 0.29) is 5.82 Å². The minimum absolute atomic E-state index is 0.296. The van der Waals surface area contributed by atoms with Gasteiger partial charge in [0.2, 0.25) is 5.82 Å².